The zero-order valence-electron chi connectivity index (χ0n) is 21.7. The molecule has 2 N–H and O–H groups in total. The Hall–Kier alpha value is -4.47. The van der Waals surface area contributed by atoms with Crippen molar-refractivity contribution in [3.05, 3.63) is 89.1 Å². The van der Waals surface area contributed by atoms with Gasteiger partial charge in [0.25, 0.3) is 5.91 Å². The molecule has 10 heteroatoms. The topological polar surface area (TPSA) is 95.4 Å². The Morgan fingerprint density at radius 2 is 1.68 bits per heavy atom. The van der Waals surface area contributed by atoms with Gasteiger partial charge in [0.2, 0.25) is 0 Å². The number of halogens is 3. The summed E-state index contributed by atoms with van der Waals surface area (Å²) in [5, 5.41) is 12.5. The minimum absolute atomic E-state index is 0.143. The first-order valence-electron chi connectivity index (χ1n) is 12.9. The van der Waals surface area contributed by atoms with E-state index in [0.29, 0.717) is 54.0 Å². The number of hydrogen-bond acceptors (Lipinski definition) is 5. The van der Waals surface area contributed by atoms with Crippen molar-refractivity contribution in [2.24, 2.45) is 5.92 Å². The predicted molar refractivity (Wildman–Crippen MR) is 145 cm³/mol. The summed E-state index contributed by atoms with van der Waals surface area (Å²) in [6.07, 6.45) is -3.61. The molecule has 0 bridgehead atoms. The molecular formula is C30H27F3N4O3. The first-order chi connectivity index (χ1) is 19.1. The molecule has 1 saturated heterocycles. The number of aliphatic carboxylic acids is 1. The van der Waals surface area contributed by atoms with Crippen LogP contribution in [0, 0.1) is 12.8 Å². The van der Waals surface area contributed by atoms with Gasteiger partial charge in [0.1, 0.15) is 0 Å². The number of carbonyl (C=O) groups is 2. The van der Waals surface area contributed by atoms with E-state index in [1.807, 2.05) is 30.3 Å². The number of carboxylic acids is 1. The van der Waals surface area contributed by atoms with Crippen LogP contribution in [-0.2, 0) is 17.5 Å². The number of fused-ring (bicyclic) bond motifs is 1. The Labute approximate surface area is 228 Å². The molecule has 5 rings (SSSR count). The smallest absolute Gasteiger partial charge is 0.416 e. The number of nitrogens with zero attached hydrogens (tertiary/aromatic N) is 3. The first kappa shape index (κ1) is 27.1. The highest BCUT2D eigenvalue weighted by atomic mass is 19.4. The minimum Gasteiger partial charge on any atom is -0.481 e. The molecule has 0 radical (unpaired) electrons. The van der Waals surface area contributed by atoms with Crippen molar-refractivity contribution < 1.29 is 27.9 Å². The van der Waals surface area contributed by atoms with Crippen molar-refractivity contribution in [2.75, 3.05) is 18.4 Å². The Balaban J connectivity index is 1.37. The summed E-state index contributed by atoms with van der Waals surface area (Å²) in [6, 6.07) is 18.2. The van der Waals surface area contributed by atoms with Crippen molar-refractivity contribution in [3.63, 3.8) is 0 Å². The van der Waals surface area contributed by atoms with E-state index in [9.17, 15) is 27.9 Å². The van der Waals surface area contributed by atoms with Gasteiger partial charge in [-0.2, -0.15) is 13.2 Å². The van der Waals surface area contributed by atoms with E-state index in [4.69, 9.17) is 4.98 Å². The Kier molecular flexibility index (Phi) is 7.42. The van der Waals surface area contributed by atoms with Crippen LogP contribution in [-0.4, -0.2) is 44.9 Å². The Morgan fingerprint density at radius 3 is 2.30 bits per heavy atom. The number of nitrogens with one attached hydrogen (secondary N) is 1. The van der Waals surface area contributed by atoms with Crippen molar-refractivity contribution in [1.82, 2.24) is 14.9 Å². The molecule has 1 aliphatic heterocycles. The van der Waals surface area contributed by atoms with Crippen LogP contribution in [0.5, 0.6) is 0 Å². The van der Waals surface area contributed by atoms with Crippen molar-refractivity contribution in [1.29, 1.82) is 0 Å². The molecule has 4 aromatic rings. The third-order valence-electron chi connectivity index (χ3n) is 7.13. The van der Waals surface area contributed by atoms with Crippen LogP contribution in [0.1, 0.15) is 40.0 Å². The van der Waals surface area contributed by atoms with E-state index >= 15 is 0 Å². The number of amides is 1. The van der Waals surface area contributed by atoms with Crippen molar-refractivity contribution in [3.8, 4) is 11.3 Å². The molecule has 0 saturated carbocycles. The van der Waals surface area contributed by atoms with Crippen LogP contribution in [0.3, 0.4) is 0 Å². The standard InChI is InChI=1S/C30H27F3N4O3/c1-18-15-22(30(31,32)33)16-24-26(18)36-25(27(35-24)19-5-3-2-4-6-19)17-34-23-9-7-20(8-10-23)28(38)37-13-11-21(12-14-37)29(39)40/h2-10,15-16,21,34H,11-14,17H2,1H3,(H,39,40). The fourth-order valence-electron chi connectivity index (χ4n) is 4.91. The molecule has 2 heterocycles. The van der Waals surface area contributed by atoms with Gasteiger partial charge in [-0.25, -0.2) is 9.97 Å². The summed E-state index contributed by atoms with van der Waals surface area (Å²) < 4.78 is 40.3. The van der Waals surface area contributed by atoms with E-state index in [2.05, 4.69) is 10.3 Å². The van der Waals surface area contributed by atoms with Gasteiger partial charge in [0.15, 0.2) is 0 Å². The van der Waals surface area contributed by atoms with Gasteiger partial charge in [-0.3, -0.25) is 9.59 Å². The minimum atomic E-state index is -4.49. The van der Waals surface area contributed by atoms with Gasteiger partial charge in [-0.15, -0.1) is 0 Å². The zero-order valence-corrected chi connectivity index (χ0v) is 21.7. The molecule has 0 atom stereocenters. The first-order valence-corrected chi connectivity index (χ1v) is 12.9. The van der Waals surface area contributed by atoms with Gasteiger partial charge >= 0.3 is 12.1 Å². The quantitative estimate of drug-likeness (QED) is 0.299. The predicted octanol–water partition coefficient (Wildman–Crippen LogP) is 6.17. The fraction of sp³-hybridized carbons (Fsp3) is 0.267. The van der Waals surface area contributed by atoms with Crippen LogP contribution >= 0.6 is 0 Å². The maximum absolute atomic E-state index is 13.4. The molecule has 3 aromatic carbocycles. The summed E-state index contributed by atoms with van der Waals surface area (Å²) in [4.78, 5) is 35.1. The van der Waals surface area contributed by atoms with E-state index in [-0.39, 0.29) is 18.0 Å². The number of likely N-dealkylation sites (tertiary alicyclic amines) is 1. The number of carbonyl (C=O) groups excluding carboxylic acids is 1. The van der Waals surface area contributed by atoms with E-state index in [0.717, 1.165) is 23.4 Å². The summed E-state index contributed by atoms with van der Waals surface area (Å²) in [5.74, 6) is -1.38. The highest BCUT2D eigenvalue weighted by molar-refractivity contribution is 5.94. The average Bonchev–Trinajstić information content (AvgIpc) is 2.95. The second-order valence-corrected chi connectivity index (χ2v) is 9.88. The monoisotopic (exact) mass is 548 g/mol. The van der Waals surface area contributed by atoms with Gasteiger partial charge < -0.3 is 15.3 Å². The molecular weight excluding hydrogens is 521 g/mol. The van der Waals surface area contributed by atoms with Crippen LogP contribution in [0.4, 0.5) is 18.9 Å². The number of rotatable bonds is 6. The lowest BCUT2D eigenvalue weighted by Gasteiger charge is -2.30. The highest BCUT2D eigenvalue weighted by Gasteiger charge is 2.32. The molecule has 7 nitrogen and oxygen atoms in total. The maximum atomic E-state index is 13.4. The lowest BCUT2D eigenvalue weighted by atomic mass is 9.96. The highest BCUT2D eigenvalue weighted by Crippen LogP contribution is 2.34. The molecule has 1 aromatic heterocycles. The van der Waals surface area contributed by atoms with Crippen LogP contribution in [0.15, 0.2) is 66.7 Å². The summed E-state index contributed by atoms with van der Waals surface area (Å²) in [7, 11) is 0. The molecule has 0 spiro atoms. The van der Waals surface area contributed by atoms with Crippen molar-refractivity contribution >= 4 is 28.6 Å². The third-order valence-corrected chi connectivity index (χ3v) is 7.13. The Morgan fingerprint density at radius 1 is 1.00 bits per heavy atom. The normalized spacial score (nSPS) is 14.3. The van der Waals surface area contributed by atoms with E-state index < -0.39 is 23.6 Å². The molecule has 1 amide bonds. The number of alkyl halides is 3. The molecule has 0 unspecified atom stereocenters. The fourth-order valence-corrected chi connectivity index (χ4v) is 4.91. The van der Waals surface area contributed by atoms with Gasteiger partial charge in [-0.05, 0) is 61.7 Å². The SMILES string of the molecule is Cc1cc(C(F)(F)F)cc2nc(-c3ccccc3)c(CNc3ccc(C(=O)N4CCC(C(=O)O)CC4)cc3)nc12. The van der Waals surface area contributed by atoms with E-state index in [1.54, 1.807) is 36.1 Å². The number of aryl methyl sites for hydroxylation is 1. The second-order valence-electron chi connectivity index (χ2n) is 9.88. The maximum Gasteiger partial charge on any atom is 0.416 e. The average molecular weight is 549 g/mol. The second kappa shape index (κ2) is 11.0. The summed E-state index contributed by atoms with van der Waals surface area (Å²) in [6.45, 7) is 2.65. The number of benzene rings is 3. The number of anilines is 1. The van der Waals surface area contributed by atoms with Gasteiger partial charge in [0.05, 0.1) is 40.4 Å². The van der Waals surface area contributed by atoms with Gasteiger partial charge in [-0.1, -0.05) is 30.3 Å². The molecule has 1 fully saturated rings. The third kappa shape index (κ3) is 5.75. The summed E-state index contributed by atoms with van der Waals surface area (Å²) >= 11 is 0. The van der Waals surface area contributed by atoms with Crippen LogP contribution in [0.2, 0.25) is 0 Å². The Bertz CT molecular complexity index is 1550. The molecule has 1 aliphatic rings. The molecule has 0 aliphatic carbocycles. The lowest BCUT2D eigenvalue weighted by Crippen LogP contribution is -2.40. The van der Waals surface area contributed by atoms with E-state index in [1.165, 1.54) is 0 Å². The zero-order chi connectivity index (χ0) is 28.4. The molecule has 40 heavy (non-hydrogen) atoms. The lowest BCUT2D eigenvalue weighted by molar-refractivity contribution is -0.143. The van der Waals surface area contributed by atoms with Crippen molar-refractivity contribution in [2.45, 2.75) is 32.5 Å². The molecule has 206 valence electrons. The largest absolute Gasteiger partial charge is 0.481 e. The number of piperidine rings is 1. The number of aromatic nitrogens is 2. The summed E-state index contributed by atoms with van der Waals surface area (Å²) in [5.41, 5.74) is 3.21. The number of carboxylic acid groups (broad SMARTS) is 1. The number of hydrogen-bond donors (Lipinski definition) is 2. The van der Waals surface area contributed by atoms with Crippen LogP contribution in [0.25, 0.3) is 22.3 Å². The van der Waals surface area contributed by atoms with Gasteiger partial charge in [0, 0.05) is 29.9 Å². The van der Waals surface area contributed by atoms with Crippen LogP contribution < -0.4 is 5.32 Å².